The first kappa shape index (κ1) is 11.0. The Morgan fingerprint density at radius 2 is 2.33 bits per heavy atom. The highest BCUT2D eigenvalue weighted by molar-refractivity contribution is 5.46. The Hall–Kier alpha value is -2.11. The minimum absolute atomic E-state index is 0.186. The van der Waals surface area contributed by atoms with Gasteiger partial charge >= 0.3 is 0 Å². The summed E-state index contributed by atoms with van der Waals surface area (Å²) in [6.07, 6.45) is 0.497. The fourth-order valence-corrected chi connectivity index (χ4v) is 1.06. The predicted molar refractivity (Wildman–Crippen MR) is 58.4 cm³/mol. The second-order valence-electron chi connectivity index (χ2n) is 3.03. The Balaban J connectivity index is 2.67. The van der Waals surface area contributed by atoms with Crippen LogP contribution >= 0.6 is 0 Å². The molecule has 0 saturated carbocycles. The molecule has 0 heterocycles. The fourth-order valence-electron chi connectivity index (χ4n) is 1.06. The van der Waals surface area contributed by atoms with Crippen LogP contribution in [0.4, 0.5) is 0 Å². The van der Waals surface area contributed by atoms with Crippen molar-refractivity contribution in [1.29, 1.82) is 0 Å². The van der Waals surface area contributed by atoms with Gasteiger partial charge in [-0.2, -0.15) is 0 Å². The third-order valence-corrected chi connectivity index (χ3v) is 1.78. The number of nitrogens with zero attached hydrogens (tertiary/aromatic N) is 3. The van der Waals surface area contributed by atoms with Crippen LogP contribution in [0.3, 0.4) is 0 Å². The van der Waals surface area contributed by atoms with E-state index in [2.05, 4.69) is 21.9 Å². The first-order valence-electron chi connectivity index (χ1n) is 4.53. The minimum atomic E-state index is 0.186. The van der Waals surface area contributed by atoms with Crippen molar-refractivity contribution < 1.29 is 5.11 Å². The number of hydrogen-bond acceptors (Lipinski definition) is 2. The molecule has 0 aliphatic rings. The van der Waals surface area contributed by atoms with E-state index in [9.17, 15) is 5.11 Å². The van der Waals surface area contributed by atoms with Crippen LogP contribution in [0.25, 0.3) is 10.4 Å². The van der Waals surface area contributed by atoms with Crippen molar-refractivity contribution in [2.75, 3.05) is 6.54 Å². The monoisotopic (exact) mass is 201 g/mol. The van der Waals surface area contributed by atoms with Crippen molar-refractivity contribution in [2.45, 2.75) is 13.3 Å². The van der Waals surface area contributed by atoms with Crippen LogP contribution in [-0.4, -0.2) is 11.7 Å². The number of benzene rings is 1. The molecule has 1 aromatic rings. The van der Waals surface area contributed by atoms with Crippen LogP contribution in [0.2, 0.25) is 0 Å². The Morgan fingerprint density at radius 1 is 1.53 bits per heavy atom. The number of phenolic OH excluding ortho intramolecular Hbond substituents is 1. The maximum absolute atomic E-state index is 9.51. The molecule has 1 rings (SSSR count). The van der Waals surface area contributed by atoms with Crippen molar-refractivity contribution in [3.05, 3.63) is 39.8 Å². The largest absolute Gasteiger partial charge is 0.507 e. The summed E-state index contributed by atoms with van der Waals surface area (Å²) in [6, 6.07) is 5.32. The summed E-state index contributed by atoms with van der Waals surface area (Å²) in [6.45, 7) is 2.26. The maximum Gasteiger partial charge on any atom is 0.131 e. The van der Waals surface area contributed by atoms with Gasteiger partial charge in [-0.3, -0.25) is 0 Å². The fraction of sp³-hybridized carbons (Fsp3) is 0.273. The van der Waals surface area contributed by atoms with Gasteiger partial charge in [0.05, 0.1) is 5.56 Å². The molecular weight excluding hydrogens is 190 g/mol. The molecule has 0 aliphatic heterocycles. The average Bonchev–Trinajstić information content (AvgIpc) is 2.20. The van der Waals surface area contributed by atoms with Crippen molar-refractivity contribution in [1.82, 2.24) is 0 Å². The number of hydrogen-bond donors (Lipinski definition) is 1. The molecule has 0 unspecified atom stereocenters. The molecule has 0 saturated heterocycles. The Bertz CT molecular complexity index is 451. The van der Waals surface area contributed by atoms with Gasteiger partial charge in [-0.1, -0.05) is 23.0 Å². The summed E-state index contributed by atoms with van der Waals surface area (Å²) in [5, 5.41) is 12.9. The quantitative estimate of drug-likeness (QED) is 0.258. The molecule has 15 heavy (non-hydrogen) atoms. The van der Waals surface area contributed by atoms with Gasteiger partial charge in [0.1, 0.15) is 5.75 Å². The highest BCUT2D eigenvalue weighted by atomic mass is 16.3. The van der Waals surface area contributed by atoms with E-state index in [0.717, 1.165) is 5.56 Å². The summed E-state index contributed by atoms with van der Waals surface area (Å²) in [5.74, 6) is 5.82. The van der Waals surface area contributed by atoms with Crippen molar-refractivity contribution in [3.8, 4) is 17.6 Å². The molecule has 0 aromatic heterocycles. The molecule has 0 amide bonds. The molecule has 4 heteroatoms. The van der Waals surface area contributed by atoms with Gasteiger partial charge in [-0.25, -0.2) is 0 Å². The normalized spacial score (nSPS) is 8.60. The van der Waals surface area contributed by atoms with E-state index in [4.69, 9.17) is 5.53 Å². The van der Waals surface area contributed by atoms with Gasteiger partial charge in [-0.05, 0) is 30.2 Å². The second kappa shape index (κ2) is 5.58. The van der Waals surface area contributed by atoms with Gasteiger partial charge in [0.2, 0.25) is 0 Å². The van der Waals surface area contributed by atoms with E-state index in [-0.39, 0.29) is 5.75 Å². The van der Waals surface area contributed by atoms with Crippen molar-refractivity contribution >= 4 is 0 Å². The Labute approximate surface area is 88.2 Å². The smallest absolute Gasteiger partial charge is 0.131 e. The standard InChI is InChI=1S/C11H11N3O/c1-9-5-6-10(11(15)8-9)4-2-3-7-13-14-12/h5-6,8,15H,3,7H2,1H3. The number of aryl methyl sites for hydroxylation is 1. The van der Waals surface area contributed by atoms with E-state index in [1.54, 1.807) is 12.1 Å². The summed E-state index contributed by atoms with van der Waals surface area (Å²) in [7, 11) is 0. The summed E-state index contributed by atoms with van der Waals surface area (Å²) < 4.78 is 0. The van der Waals surface area contributed by atoms with Gasteiger partial charge in [0.15, 0.2) is 0 Å². The zero-order chi connectivity index (χ0) is 11.1. The van der Waals surface area contributed by atoms with E-state index >= 15 is 0 Å². The van der Waals surface area contributed by atoms with Gasteiger partial charge in [0.25, 0.3) is 0 Å². The number of phenols is 1. The SMILES string of the molecule is Cc1ccc(C#CCCN=[N+]=[N-])c(O)c1. The predicted octanol–water partition coefficient (Wildman–Crippen LogP) is 2.75. The molecule has 0 fully saturated rings. The van der Waals surface area contributed by atoms with Gasteiger partial charge < -0.3 is 5.11 Å². The molecule has 1 N–H and O–H groups in total. The van der Waals surface area contributed by atoms with Crippen LogP contribution in [-0.2, 0) is 0 Å². The molecule has 76 valence electrons. The summed E-state index contributed by atoms with van der Waals surface area (Å²) in [4.78, 5) is 2.62. The molecule has 0 spiro atoms. The zero-order valence-electron chi connectivity index (χ0n) is 8.44. The van der Waals surface area contributed by atoms with Crippen molar-refractivity contribution in [3.63, 3.8) is 0 Å². The second-order valence-corrected chi connectivity index (χ2v) is 3.03. The highest BCUT2D eigenvalue weighted by Gasteiger charge is 1.95. The number of rotatable bonds is 2. The molecule has 0 radical (unpaired) electrons. The number of azide groups is 1. The van der Waals surface area contributed by atoms with Gasteiger partial charge in [-0.15, -0.1) is 0 Å². The highest BCUT2D eigenvalue weighted by Crippen LogP contribution is 2.16. The molecule has 4 nitrogen and oxygen atoms in total. The summed E-state index contributed by atoms with van der Waals surface area (Å²) >= 11 is 0. The minimum Gasteiger partial charge on any atom is -0.507 e. The third-order valence-electron chi connectivity index (χ3n) is 1.78. The molecule has 0 atom stereocenters. The molecular formula is C11H11N3O. The van der Waals surface area contributed by atoms with Crippen LogP contribution in [0.5, 0.6) is 5.75 Å². The van der Waals surface area contributed by atoms with E-state index < -0.39 is 0 Å². The zero-order valence-corrected chi connectivity index (χ0v) is 8.44. The third kappa shape index (κ3) is 3.63. The topological polar surface area (TPSA) is 69.0 Å². The lowest BCUT2D eigenvalue weighted by Gasteiger charge is -1.97. The lowest BCUT2D eigenvalue weighted by atomic mass is 10.1. The van der Waals surface area contributed by atoms with Gasteiger partial charge in [0, 0.05) is 17.9 Å². The lowest BCUT2D eigenvalue weighted by Crippen LogP contribution is -1.79. The van der Waals surface area contributed by atoms with E-state index in [1.165, 1.54) is 0 Å². The molecule has 0 bridgehead atoms. The molecule has 1 aromatic carbocycles. The van der Waals surface area contributed by atoms with Crippen molar-refractivity contribution in [2.24, 2.45) is 5.11 Å². The maximum atomic E-state index is 9.51. The van der Waals surface area contributed by atoms with Crippen LogP contribution in [0.1, 0.15) is 17.5 Å². The number of aromatic hydroxyl groups is 1. The summed E-state index contributed by atoms with van der Waals surface area (Å²) in [5.41, 5.74) is 9.62. The Kier molecular flexibility index (Phi) is 4.08. The first-order chi connectivity index (χ1) is 7.24. The van der Waals surface area contributed by atoms with E-state index in [1.807, 2.05) is 13.0 Å². The molecule has 0 aliphatic carbocycles. The lowest BCUT2D eigenvalue weighted by molar-refractivity contribution is 0.473. The Morgan fingerprint density at radius 3 is 3.00 bits per heavy atom. The first-order valence-corrected chi connectivity index (χ1v) is 4.53. The van der Waals surface area contributed by atoms with Crippen LogP contribution in [0, 0.1) is 18.8 Å². The van der Waals surface area contributed by atoms with Crippen LogP contribution in [0.15, 0.2) is 23.3 Å². The van der Waals surface area contributed by atoms with Crippen LogP contribution < -0.4 is 0 Å². The van der Waals surface area contributed by atoms with E-state index in [0.29, 0.717) is 18.5 Å². The average molecular weight is 201 g/mol.